The van der Waals surface area contributed by atoms with E-state index in [-0.39, 0.29) is 17.7 Å². The van der Waals surface area contributed by atoms with Crippen molar-refractivity contribution in [2.24, 2.45) is 10.4 Å². The monoisotopic (exact) mass is 411 g/mol. The van der Waals surface area contributed by atoms with Gasteiger partial charge < -0.3 is 25.2 Å². The van der Waals surface area contributed by atoms with E-state index in [1.807, 2.05) is 13.8 Å². The van der Waals surface area contributed by atoms with E-state index >= 15 is 0 Å². The molecule has 1 aromatic carbocycles. The second kappa shape index (κ2) is 9.71. The summed E-state index contributed by atoms with van der Waals surface area (Å²) in [7, 11) is 0. The average molecular weight is 411 g/mol. The van der Waals surface area contributed by atoms with Gasteiger partial charge in [0, 0.05) is 24.6 Å². The molecule has 1 spiro atoms. The van der Waals surface area contributed by atoms with Crippen LogP contribution in [0.25, 0.3) is 0 Å². The Bertz CT molecular complexity index is 680. The van der Waals surface area contributed by atoms with Crippen LogP contribution in [0.4, 0.5) is 8.78 Å². The molecular weight excluding hydrogens is 380 g/mol. The first kappa shape index (κ1) is 21.8. The lowest BCUT2D eigenvalue weighted by molar-refractivity contribution is -0.168. The SMILES string of the molecule is CCNC(=NCC(O)c1ccc(OC(F)F)cc1)NC1CC(OCC)C12CCC2. The Kier molecular flexibility index (Phi) is 7.29. The first-order chi connectivity index (χ1) is 14.0. The Morgan fingerprint density at radius 2 is 2.00 bits per heavy atom. The predicted octanol–water partition coefficient (Wildman–Crippen LogP) is 3.22. The molecule has 3 atom stereocenters. The first-order valence-corrected chi connectivity index (χ1v) is 10.4. The zero-order valence-electron chi connectivity index (χ0n) is 17.0. The second-order valence-corrected chi connectivity index (χ2v) is 7.65. The van der Waals surface area contributed by atoms with Crippen LogP contribution in [0.2, 0.25) is 0 Å². The van der Waals surface area contributed by atoms with Gasteiger partial charge in [-0.3, -0.25) is 4.99 Å². The molecule has 6 nitrogen and oxygen atoms in total. The van der Waals surface area contributed by atoms with Crippen LogP contribution >= 0.6 is 0 Å². The first-order valence-electron chi connectivity index (χ1n) is 10.4. The van der Waals surface area contributed by atoms with Gasteiger partial charge in [-0.15, -0.1) is 0 Å². The maximum absolute atomic E-state index is 12.2. The lowest BCUT2D eigenvalue weighted by Crippen LogP contribution is -2.68. The quantitative estimate of drug-likeness (QED) is 0.430. The number of nitrogens with zero attached hydrogens (tertiary/aromatic N) is 1. The number of halogens is 2. The van der Waals surface area contributed by atoms with Crippen LogP contribution in [0.3, 0.4) is 0 Å². The minimum Gasteiger partial charge on any atom is -0.435 e. The van der Waals surface area contributed by atoms with Crippen molar-refractivity contribution in [2.75, 3.05) is 19.7 Å². The molecule has 3 unspecified atom stereocenters. The van der Waals surface area contributed by atoms with Gasteiger partial charge in [0.05, 0.1) is 18.8 Å². The Labute approximate surface area is 170 Å². The second-order valence-electron chi connectivity index (χ2n) is 7.65. The van der Waals surface area contributed by atoms with Crippen molar-refractivity contribution >= 4 is 5.96 Å². The normalized spacial score (nSPS) is 24.0. The summed E-state index contributed by atoms with van der Waals surface area (Å²) in [5, 5.41) is 17.2. The Morgan fingerprint density at radius 1 is 1.28 bits per heavy atom. The van der Waals surface area contributed by atoms with Crippen LogP contribution < -0.4 is 15.4 Å². The molecule has 2 fully saturated rings. The van der Waals surface area contributed by atoms with Crippen molar-refractivity contribution in [1.29, 1.82) is 0 Å². The third-order valence-electron chi connectivity index (χ3n) is 6.00. The van der Waals surface area contributed by atoms with Gasteiger partial charge >= 0.3 is 6.61 Å². The Balaban J connectivity index is 1.57. The third kappa shape index (κ3) is 4.98. The molecule has 0 aliphatic heterocycles. The van der Waals surface area contributed by atoms with Crippen LogP contribution in [0.1, 0.15) is 51.2 Å². The van der Waals surface area contributed by atoms with Gasteiger partial charge in [0.1, 0.15) is 5.75 Å². The molecule has 1 aromatic rings. The van der Waals surface area contributed by atoms with E-state index in [9.17, 15) is 13.9 Å². The summed E-state index contributed by atoms with van der Waals surface area (Å²) >= 11 is 0. The van der Waals surface area contributed by atoms with E-state index in [0.29, 0.717) is 23.7 Å². The molecule has 0 amide bonds. The Morgan fingerprint density at radius 3 is 2.55 bits per heavy atom. The zero-order valence-corrected chi connectivity index (χ0v) is 17.0. The Hall–Kier alpha value is -1.93. The van der Waals surface area contributed by atoms with Crippen LogP contribution in [0, 0.1) is 5.41 Å². The minimum atomic E-state index is -2.86. The molecule has 0 bridgehead atoms. The molecule has 2 aliphatic carbocycles. The molecule has 0 radical (unpaired) electrons. The maximum atomic E-state index is 12.2. The highest BCUT2D eigenvalue weighted by molar-refractivity contribution is 5.80. The van der Waals surface area contributed by atoms with Crippen molar-refractivity contribution in [3.63, 3.8) is 0 Å². The number of aliphatic imine (C=N–C) groups is 1. The molecule has 162 valence electrons. The van der Waals surface area contributed by atoms with Gasteiger partial charge in [0.25, 0.3) is 0 Å². The van der Waals surface area contributed by atoms with Crippen LogP contribution in [0.15, 0.2) is 29.3 Å². The zero-order chi connectivity index (χ0) is 20.9. The van der Waals surface area contributed by atoms with Gasteiger partial charge in [-0.25, -0.2) is 0 Å². The van der Waals surface area contributed by atoms with Crippen LogP contribution in [-0.4, -0.2) is 49.5 Å². The van der Waals surface area contributed by atoms with Gasteiger partial charge in [0.15, 0.2) is 5.96 Å². The standard InChI is InChI=1S/C21H31F2N3O3/c1-3-24-20(26-17-12-18(28-4-2)21(17)10-5-11-21)25-13-16(27)14-6-8-15(9-7-14)29-19(22)23/h6-9,16-19,27H,3-5,10-13H2,1-2H3,(H2,24,25,26). The number of nitrogens with one attached hydrogen (secondary N) is 2. The van der Waals surface area contributed by atoms with E-state index in [1.54, 1.807) is 12.1 Å². The number of rotatable bonds is 9. The van der Waals surface area contributed by atoms with E-state index in [0.717, 1.165) is 19.6 Å². The molecule has 8 heteroatoms. The van der Waals surface area contributed by atoms with Gasteiger partial charge in [-0.2, -0.15) is 8.78 Å². The summed E-state index contributed by atoms with van der Waals surface area (Å²) < 4.78 is 34.7. The molecule has 29 heavy (non-hydrogen) atoms. The summed E-state index contributed by atoms with van der Waals surface area (Å²) in [6, 6.07) is 6.30. The fourth-order valence-electron chi connectivity index (χ4n) is 4.28. The maximum Gasteiger partial charge on any atom is 0.387 e. The third-order valence-corrected chi connectivity index (χ3v) is 6.00. The summed E-state index contributed by atoms with van der Waals surface area (Å²) in [5.41, 5.74) is 0.812. The molecule has 0 aromatic heterocycles. The minimum absolute atomic E-state index is 0.0640. The summed E-state index contributed by atoms with van der Waals surface area (Å²) in [4.78, 5) is 4.53. The highest BCUT2D eigenvalue weighted by Crippen LogP contribution is 2.57. The number of alkyl halides is 2. The average Bonchev–Trinajstić information content (AvgIpc) is 2.63. The lowest BCUT2D eigenvalue weighted by atomic mass is 9.51. The molecule has 0 heterocycles. The summed E-state index contributed by atoms with van der Waals surface area (Å²) in [6.45, 7) is 2.79. The molecular formula is C21H31F2N3O3. The molecule has 3 N–H and O–H groups in total. The molecule has 2 saturated carbocycles. The van der Waals surface area contributed by atoms with Crippen molar-refractivity contribution in [1.82, 2.24) is 10.6 Å². The van der Waals surface area contributed by atoms with Gasteiger partial charge in [0.2, 0.25) is 0 Å². The van der Waals surface area contributed by atoms with Crippen molar-refractivity contribution in [3.8, 4) is 5.75 Å². The van der Waals surface area contributed by atoms with Crippen molar-refractivity contribution in [2.45, 2.75) is 64.4 Å². The topological polar surface area (TPSA) is 75.1 Å². The van der Waals surface area contributed by atoms with Gasteiger partial charge in [-0.05, 0) is 50.8 Å². The van der Waals surface area contributed by atoms with E-state index in [4.69, 9.17) is 4.74 Å². The largest absolute Gasteiger partial charge is 0.435 e. The summed E-state index contributed by atoms with van der Waals surface area (Å²) in [5.74, 6) is 0.740. The smallest absolute Gasteiger partial charge is 0.387 e. The predicted molar refractivity (Wildman–Crippen MR) is 107 cm³/mol. The highest BCUT2D eigenvalue weighted by Gasteiger charge is 2.59. The van der Waals surface area contributed by atoms with Crippen LogP contribution in [-0.2, 0) is 4.74 Å². The van der Waals surface area contributed by atoms with Crippen molar-refractivity contribution in [3.05, 3.63) is 29.8 Å². The number of aliphatic hydroxyl groups excluding tert-OH is 1. The van der Waals surface area contributed by atoms with Crippen molar-refractivity contribution < 1.29 is 23.4 Å². The lowest BCUT2D eigenvalue weighted by Gasteiger charge is -2.61. The highest BCUT2D eigenvalue weighted by atomic mass is 19.3. The number of aliphatic hydroxyl groups is 1. The van der Waals surface area contributed by atoms with E-state index in [2.05, 4.69) is 20.4 Å². The van der Waals surface area contributed by atoms with Gasteiger partial charge in [-0.1, -0.05) is 18.6 Å². The number of guanidine groups is 1. The fraction of sp³-hybridized carbons (Fsp3) is 0.667. The fourth-order valence-corrected chi connectivity index (χ4v) is 4.28. The molecule has 3 rings (SSSR count). The molecule has 0 saturated heterocycles. The molecule has 2 aliphatic rings. The number of hydrogen-bond donors (Lipinski definition) is 3. The number of benzene rings is 1. The number of hydrogen-bond acceptors (Lipinski definition) is 4. The number of ether oxygens (including phenoxy) is 2. The van der Waals surface area contributed by atoms with Crippen LogP contribution in [0.5, 0.6) is 5.75 Å². The summed E-state index contributed by atoms with van der Waals surface area (Å²) in [6.07, 6.45) is 4.03. The van der Waals surface area contributed by atoms with E-state index < -0.39 is 12.7 Å². The van der Waals surface area contributed by atoms with E-state index in [1.165, 1.54) is 31.4 Å².